The molecule has 2 N–H and O–H groups in total. The van der Waals surface area contributed by atoms with Gasteiger partial charge in [0.25, 0.3) is 0 Å². The third kappa shape index (κ3) is 4.45. The van der Waals surface area contributed by atoms with Crippen molar-refractivity contribution in [1.82, 2.24) is 4.72 Å². The molecule has 0 aromatic heterocycles. The van der Waals surface area contributed by atoms with Gasteiger partial charge in [-0.3, -0.25) is 0 Å². The smallest absolute Gasteiger partial charge is 0.241 e. The number of nitrogens with one attached hydrogen (secondary N) is 1. The van der Waals surface area contributed by atoms with Crippen molar-refractivity contribution in [2.24, 2.45) is 0 Å². The Kier molecular flexibility index (Phi) is 6.41. The van der Waals surface area contributed by atoms with Crippen LogP contribution in [-0.2, 0) is 21.2 Å². The number of sulfonamides is 1. The van der Waals surface area contributed by atoms with Gasteiger partial charge in [0.2, 0.25) is 10.0 Å². The van der Waals surface area contributed by atoms with Crippen LogP contribution in [-0.4, -0.2) is 47.0 Å². The molecular weight excluding hydrogens is 282 g/mol. The number of aliphatic hydroxyl groups excluding tert-OH is 1. The van der Waals surface area contributed by atoms with E-state index >= 15 is 0 Å². The molecule has 0 aliphatic heterocycles. The molecule has 0 heterocycles. The van der Waals surface area contributed by atoms with Gasteiger partial charge in [-0.05, 0) is 37.1 Å². The number of hydrogen-bond acceptors (Lipinski definition) is 5. The Morgan fingerprint density at radius 3 is 2.60 bits per heavy atom. The van der Waals surface area contributed by atoms with Gasteiger partial charge >= 0.3 is 0 Å². The van der Waals surface area contributed by atoms with Crippen LogP contribution in [0, 0.1) is 0 Å². The van der Waals surface area contributed by atoms with Gasteiger partial charge in [-0.25, -0.2) is 13.1 Å². The van der Waals surface area contributed by atoms with Crippen LogP contribution in [0.25, 0.3) is 0 Å². The third-order valence-electron chi connectivity index (χ3n) is 2.71. The van der Waals surface area contributed by atoms with E-state index in [9.17, 15) is 8.42 Å². The minimum Gasteiger partial charge on any atom is -0.497 e. The molecule has 0 fully saturated rings. The highest BCUT2D eigenvalue weighted by atomic mass is 32.2. The van der Waals surface area contributed by atoms with Crippen molar-refractivity contribution in [3.8, 4) is 5.75 Å². The van der Waals surface area contributed by atoms with Crippen molar-refractivity contribution in [2.45, 2.75) is 24.3 Å². The lowest BCUT2D eigenvalue weighted by Crippen LogP contribution is -2.36. The molecule has 0 spiro atoms. The predicted molar refractivity (Wildman–Crippen MR) is 75.4 cm³/mol. The number of aliphatic hydroxyl groups is 1. The summed E-state index contributed by atoms with van der Waals surface area (Å²) in [5, 5.41) is 9.06. The number of benzene rings is 1. The normalized spacial score (nSPS) is 13.2. The second-order valence-corrected chi connectivity index (χ2v) is 6.11. The van der Waals surface area contributed by atoms with E-state index in [0.717, 1.165) is 0 Å². The summed E-state index contributed by atoms with van der Waals surface area (Å²) >= 11 is 0. The first kappa shape index (κ1) is 16.9. The molecule has 1 aromatic carbocycles. The van der Waals surface area contributed by atoms with Crippen molar-refractivity contribution < 1.29 is 23.0 Å². The van der Waals surface area contributed by atoms with E-state index in [1.807, 2.05) is 0 Å². The van der Waals surface area contributed by atoms with Crippen LogP contribution in [0.2, 0.25) is 0 Å². The monoisotopic (exact) mass is 303 g/mol. The minimum atomic E-state index is -3.66. The number of hydrogen-bond donors (Lipinski definition) is 2. The quantitative estimate of drug-likeness (QED) is 0.732. The second kappa shape index (κ2) is 7.58. The van der Waals surface area contributed by atoms with E-state index in [-0.39, 0.29) is 30.6 Å². The summed E-state index contributed by atoms with van der Waals surface area (Å²) in [5.74, 6) is 0.553. The summed E-state index contributed by atoms with van der Waals surface area (Å²) < 4.78 is 37.2. The van der Waals surface area contributed by atoms with Crippen molar-refractivity contribution in [1.29, 1.82) is 0 Å². The van der Waals surface area contributed by atoms with E-state index < -0.39 is 10.0 Å². The van der Waals surface area contributed by atoms with Gasteiger partial charge in [0, 0.05) is 19.8 Å². The number of ether oxygens (including phenoxy) is 2. The molecule has 0 aliphatic carbocycles. The summed E-state index contributed by atoms with van der Waals surface area (Å²) in [7, 11) is -0.642. The number of rotatable bonds is 8. The van der Waals surface area contributed by atoms with Gasteiger partial charge in [-0.2, -0.15) is 0 Å². The summed E-state index contributed by atoms with van der Waals surface area (Å²) in [6.45, 7) is 1.87. The first-order valence-electron chi connectivity index (χ1n) is 6.23. The van der Waals surface area contributed by atoms with Crippen LogP contribution in [0.15, 0.2) is 23.1 Å². The molecule has 7 heteroatoms. The Labute approximate surface area is 119 Å². The standard InChI is InChI=1S/C13H21NO5S/c1-10(9-18-2)14-20(16,17)13-5-4-12(19-3)8-11(13)6-7-15/h4-5,8,10,14-15H,6-7,9H2,1-3H3. The van der Waals surface area contributed by atoms with Crippen LogP contribution in [0.4, 0.5) is 0 Å². The molecule has 1 aromatic rings. The van der Waals surface area contributed by atoms with Gasteiger partial charge in [0.15, 0.2) is 0 Å². The molecule has 0 aliphatic rings. The van der Waals surface area contributed by atoms with Gasteiger partial charge in [0.1, 0.15) is 5.75 Å². The van der Waals surface area contributed by atoms with Crippen LogP contribution in [0.5, 0.6) is 5.75 Å². The molecule has 6 nitrogen and oxygen atoms in total. The SMILES string of the molecule is COCC(C)NS(=O)(=O)c1ccc(OC)cc1CCO. The Morgan fingerprint density at radius 1 is 1.35 bits per heavy atom. The van der Waals surface area contributed by atoms with Crippen LogP contribution < -0.4 is 9.46 Å². The van der Waals surface area contributed by atoms with Gasteiger partial charge in [0.05, 0.1) is 18.6 Å². The molecule has 0 saturated heterocycles. The molecule has 0 bridgehead atoms. The highest BCUT2D eigenvalue weighted by Gasteiger charge is 2.21. The van der Waals surface area contributed by atoms with Gasteiger partial charge in [-0.1, -0.05) is 0 Å². The van der Waals surface area contributed by atoms with E-state index in [1.54, 1.807) is 19.1 Å². The van der Waals surface area contributed by atoms with Crippen molar-refractivity contribution >= 4 is 10.0 Å². The maximum absolute atomic E-state index is 12.3. The highest BCUT2D eigenvalue weighted by molar-refractivity contribution is 7.89. The van der Waals surface area contributed by atoms with E-state index in [1.165, 1.54) is 20.3 Å². The summed E-state index contributed by atoms with van der Waals surface area (Å²) in [4.78, 5) is 0.148. The Hall–Kier alpha value is -1.15. The predicted octanol–water partition coefficient (Wildman–Crippen LogP) is 0.543. The molecule has 1 rings (SSSR count). The molecule has 114 valence electrons. The Bertz CT molecular complexity index is 530. The lowest BCUT2D eigenvalue weighted by atomic mass is 10.1. The van der Waals surface area contributed by atoms with Crippen LogP contribution in [0.1, 0.15) is 12.5 Å². The Morgan fingerprint density at radius 2 is 2.05 bits per heavy atom. The molecule has 0 radical (unpaired) electrons. The van der Waals surface area contributed by atoms with E-state index in [2.05, 4.69) is 4.72 Å². The summed E-state index contributed by atoms with van der Waals surface area (Å²) in [5.41, 5.74) is 0.518. The molecule has 1 atom stereocenters. The van der Waals surface area contributed by atoms with Crippen molar-refractivity contribution in [2.75, 3.05) is 27.4 Å². The van der Waals surface area contributed by atoms with Crippen LogP contribution >= 0.6 is 0 Å². The minimum absolute atomic E-state index is 0.136. The number of methoxy groups -OCH3 is 2. The first-order chi connectivity index (χ1) is 9.44. The molecule has 1 unspecified atom stereocenters. The zero-order valence-electron chi connectivity index (χ0n) is 11.9. The lowest BCUT2D eigenvalue weighted by molar-refractivity contribution is 0.180. The topological polar surface area (TPSA) is 84.9 Å². The largest absolute Gasteiger partial charge is 0.497 e. The van der Waals surface area contributed by atoms with E-state index in [0.29, 0.717) is 11.3 Å². The first-order valence-corrected chi connectivity index (χ1v) is 7.72. The Balaban J connectivity index is 3.10. The molecule has 20 heavy (non-hydrogen) atoms. The zero-order valence-corrected chi connectivity index (χ0v) is 12.7. The highest BCUT2D eigenvalue weighted by Crippen LogP contribution is 2.22. The molecular formula is C13H21NO5S. The summed E-state index contributed by atoms with van der Waals surface area (Å²) in [6.07, 6.45) is 0.242. The maximum atomic E-state index is 12.3. The van der Waals surface area contributed by atoms with E-state index in [4.69, 9.17) is 14.6 Å². The maximum Gasteiger partial charge on any atom is 0.241 e. The third-order valence-corrected chi connectivity index (χ3v) is 4.40. The molecule has 0 saturated carbocycles. The fourth-order valence-electron chi connectivity index (χ4n) is 1.87. The van der Waals surface area contributed by atoms with Gasteiger partial charge < -0.3 is 14.6 Å². The van der Waals surface area contributed by atoms with Crippen molar-refractivity contribution in [3.05, 3.63) is 23.8 Å². The fraction of sp³-hybridized carbons (Fsp3) is 0.538. The zero-order chi connectivity index (χ0) is 15.2. The summed E-state index contributed by atoms with van der Waals surface area (Å²) in [6, 6.07) is 4.34. The average molecular weight is 303 g/mol. The fourth-order valence-corrected chi connectivity index (χ4v) is 3.35. The molecule has 0 amide bonds. The lowest BCUT2D eigenvalue weighted by Gasteiger charge is -2.16. The van der Waals surface area contributed by atoms with Crippen molar-refractivity contribution in [3.63, 3.8) is 0 Å². The average Bonchev–Trinajstić information content (AvgIpc) is 2.38. The second-order valence-electron chi connectivity index (χ2n) is 4.42. The van der Waals surface area contributed by atoms with Crippen LogP contribution in [0.3, 0.4) is 0 Å². The van der Waals surface area contributed by atoms with Gasteiger partial charge in [-0.15, -0.1) is 0 Å².